The molecule has 0 aliphatic heterocycles. The van der Waals surface area contributed by atoms with Crippen LogP contribution >= 0.6 is 15.9 Å². The van der Waals surface area contributed by atoms with Crippen molar-refractivity contribution in [2.75, 3.05) is 18.5 Å². The minimum Gasteiger partial charge on any atom is -0.396 e. The number of hydrogen-bond acceptors (Lipinski definition) is 4. The Kier molecular flexibility index (Phi) is 5.33. The van der Waals surface area contributed by atoms with Gasteiger partial charge in [0.15, 0.2) is 0 Å². The number of rotatable bonds is 6. The van der Waals surface area contributed by atoms with Gasteiger partial charge >= 0.3 is 0 Å². The lowest BCUT2D eigenvalue weighted by Crippen LogP contribution is -2.32. The molecule has 0 aliphatic carbocycles. The second kappa shape index (κ2) is 6.31. The van der Waals surface area contributed by atoms with Crippen LogP contribution in [0.4, 0.5) is 5.82 Å². The van der Waals surface area contributed by atoms with E-state index in [2.05, 4.69) is 45.1 Å². The van der Waals surface area contributed by atoms with Crippen molar-refractivity contribution in [1.29, 1.82) is 0 Å². The number of aliphatic hydroxyl groups is 1. The van der Waals surface area contributed by atoms with Gasteiger partial charge in [-0.05, 0) is 35.7 Å². The summed E-state index contributed by atoms with van der Waals surface area (Å²) in [4.78, 5) is 8.46. The molecule has 2 N–H and O–H groups in total. The lowest BCUT2D eigenvalue weighted by atomic mass is 9.83. The van der Waals surface area contributed by atoms with Crippen molar-refractivity contribution in [3.05, 3.63) is 16.5 Å². The van der Waals surface area contributed by atoms with Crippen LogP contribution < -0.4 is 5.32 Å². The van der Waals surface area contributed by atoms with Crippen molar-refractivity contribution in [2.45, 2.75) is 33.6 Å². The van der Waals surface area contributed by atoms with Crippen molar-refractivity contribution >= 4 is 21.7 Å². The highest BCUT2D eigenvalue weighted by atomic mass is 79.9. The lowest BCUT2D eigenvalue weighted by molar-refractivity contribution is 0.127. The van der Waals surface area contributed by atoms with Gasteiger partial charge in [-0.25, -0.2) is 9.97 Å². The Morgan fingerprint density at radius 2 is 2.00 bits per heavy atom. The number of nitrogens with one attached hydrogen (secondary N) is 1. The standard InChI is InChI=1S/C12H20BrN3O/c1-4-12(5-2,8-17)7-14-11-6-10(13)15-9(3)16-11/h6,17H,4-5,7-8H2,1-3H3,(H,14,15,16). The van der Waals surface area contributed by atoms with Crippen LogP contribution in [0.15, 0.2) is 10.7 Å². The summed E-state index contributed by atoms with van der Waals surface area (Å²) in [6, 6.07) is 1.85. The molecule has 0 atom stereocenters. The van der Waals surface area contributed by atoms with E-state index in [-0.39, 0.29) is 12.0 Å². The Morgan fingerprint density at radius 1 is 1.35 bits per heavy atom. The van der Waals surface area contributed by atoms with Crippen LogP contribution in [0, 0.1) is 12.3 Å². The van der Waals surface area contributed by atoms with E-state index in [1.165, 1.54) is 0 Å². The first-order valence-electron chi connectivity index (χ1n) is 5.91. The zero-order chi connectivity index (χ0) is 12.9. The first-order chi connectivity index (χ1) is 8.05. The largest absolute Gasteiger partial charge is 0.396 e. The van der Waals surface area contributed by atoms with Crippen LogP contribution in [0.2, 0.25) is 0 Å². The monoisotopic (exact) mass is 301 g/mol. The van der Waals surface area contributed by atoms with Crippen molar-refractivity contribution in [2.24, 2.45) is 5.41 Å². The molecule has 0 fully saturated rings. The van der Waals surface area contributed by atoms with Gasteiger partial charge in [0, 0.05) is 18.0 Å². The second-order valence-electron chi connectivity index (χ2n) is 4.34. The minimum atomic E-state index is -0.0642. The van der Waals surface area contributed by atoms with Crippen LogP contribution in [-0.2, 0) is 0 Å². The molecule has 96 valence electrons. The van der Waals surface area contributed by atoms with Gasteiger partial charge in [-0.3, -0.25) is 0 Å². The molecule has 17 heavy (non-hydrogen) atoms. The fraction of sp³-hybridized carbons (Fsp3) is 0.667. The van der Waals surface area contributed by atoms with Gasteiger partial charge in [0.25, 0.3) is 0 Å². The van der Waals surface area contributed by atoms with E-state index in [9.17, 15) is 5.11 Å². The predicted octanol–water partition coefficient (Wildman–Crippen LogP) is 2.76. The second-order valence-corrected chi connectivity index (χ2v) is 5.15. The van der Waals surface area contributed by atoms with E-state index in [4.69, 9.17) is 0 Å². The molecule has 0 saturated carbocycles. The summed E-state index contributed by atoms with van der Waals surface area (Å²) in [6.07, 6.45) is 1.89. The number of halogens is 1. The third-order valence-corrected chi connectivity index (χ3v) is 3.69. The summed E-state index contributed by atoms with van der Waals surface area (Å²) in [5.74, 6) is 1.52. The number of aromatic nitrogens is 2. The number of nitrogens with zero attached hydrogens (tertiary/aromatic N) is 2. The van der Waals surface area contributed by atoms with E-state index in [1.807, 2.05) is 13.0 Å². The maximum absolute atomic E-state index is 9.48. The number of hydrogen-bond donors (Lipinski definition) is 2. The Bertz CT molecular complexity index is 338. The molecule has 0 aliphatic rings. The summed E-state index contributed by atoms with van der Waals surface area (Å²) in [5, 5.41) is 12.8. The van der Waals surface area contributed by atoms with E-state index in [0.29, 0.717) is 0 Å². The van der Waals surface area contributed by atoms with Crippen LogP contribution in [0.1, 0.15) is 32.5 Å². The number of aliphatic hydroxyl groups excluding tert-OH is 1. The average molecular weight is 302 g/mol. The molecule has 0 saturated heterocycles. The molecule has 0 bridgehead atoms. The Balaban J connectivity index is 2.71. The fourth-order valence-electron chi connectivity index (χ4n) is 1.68. The van der Waals surface area contributed by atoms with Crippen LogP contribution in [-0.4, -0.2) is 28.2 Å². The maximum Gasteiger partial charge on any atom is 0.130 e. The summed E-state index contributed by atoms with van der Waals surface area (Å²) in [5.41, 5.74) is -0.0642. The van der Waals surface area contributed by atoms with Gasteiger partial charge < -0.3 is 10.4 Å². The molecule has 0 radical (unpaired) electrons. The molecule has 5 heteroatoms. The highest BCUT2D eigenvalue weighted by molar-refractivity contribution is 9.10. The van der Waals surface area contributed by atoms with Gasteiger partial charge in [-0.1, -0.05) is 13.8 Å². The van der Waals surface area contributed by atoms with Crippen LogP contribution in [0.3, 0.4) is 0 Å². The van der Waals surface area contributed by atoms with E-state index >= 15 is 0 Å². The van der Waals surface area contributed by atoms with Gasteiger partial charge in [-0.15, -0.1) is 0 Å². The van der Waals surface area contributed by atoms with E-state index < -0.39 is 0 Å². The van der Waals surface area contributed by atoms with Crippen molar-refractivity contribution in [1.82, 2.24) is 9.97 Å². The summed E-state index contributed by atoms with van der Waals surface area (Å²) in [6.45, 7) is 6.97. The number of aryl methyl sites for hydroxylation is 1. The predicted molar refractivity (Wildman–Crippen MR) is 73.1 cm³/mol. The summed E-state index contributed by atoms with van der Waals surface area (Å²) >= 11 is 3.34. The molecule has 1 aromatic heterocycles. The Labute approximate surface area is 111 Å². The highest BCUT2D eigenvalue weighted by Gasteiger charge is 2.25. The third kappa shape index (κ3) is 3.92. The van der Waals surface area contributed by atoms with Gasteiger partial charge in [0.05, 0.1) is 6.61 Å². The van der Waals surface area contributed by atoms with Crippen LogP contribution in [0.5, 0.6) is 0 Å². The SMILES string of the molecule is CCC(CC)(CO)CNc1cc(Br)nc(C)n1. The molecular weight excluding hydrogens is 282 g/mol. The molecule has 1 heterocycles. The molecule has 0 aromatic carbocycles. The minimum absolute atomic E-state index is 0.0642. The topological polar surface area (TPSA) is 58.0 Å². The van der Waals surface area contributed by atoms with Crippen molar-refractivity contribution in [3.63, 3.8) is 0 Å². The summed E-state index contributed by atoms with van der Waals surface area (Å²) in [7, 11) is 0. The van der Waals surface area contributed by atoms with E-state index in [0.717, 1.165) is 35.6 Å². The summed E-state index contributed by atoms with van der Waals surface area (Å²) < 4.78 is 0.773. The van der Waals surface area contributed by atoms with Gasteiger partial charge in [0.1, 0.15) is 16.2 Å². The lowest BCUT2D eigenvalue weighted by Gasteiger charge is -2.29. The zero-order valence-electron chi connectivity index (χ0n) is 10.6. The first kappa shape index (κ1) is 14.4. The quantitative estimate of drug-likeness (QED) is 0.793. The molecule has 0 amide bonds. The van der Waals surface area contributed by atoms with Crippen molar-refractivity contribution < 1.29 is 5.11 Å². The van der Waals surface area contributed by atoms with Gasteiger partial charge in [-0.2, -0.15) is 0 Å². The molecule has 0 spiro atoms. The smallest absolute Gasteiger partial charge is 0.130 e. The average Bonchev–Trinajstić information content (AvgIpc) is 2.30. The molecule has 4 nitrogen and oxygen atoms in total. The maximum atomic E-state index is 9.48. The highest BCUT2D eigenvalue weighted by Crippen LogP contribution is 2.26. The molecule has 1 rings (SSSR count). The number of anilines is 1. The Hall–Kier alpha value is -0.680. The zero-order valence-corrected chi connectivity index (χ0v) is 12.2. The van der Waals surface area contributed by atoms with Crippen LogP contribution in [0.25, 0.3) is 0 Å². The van der Waals surface area contributed by atoms with E-state index in [1.54, 1.807) is 0 Å². The Morgan fingerprint density at radius 3 is 2.47 bits per heavy atom. The first-order valence-corrected chi connectivity index (χ1v) is 6.70. The third-order valence-electron chi connectivity index (χ3n) is 3.29. The fourth-order valence-corrected chi connectivity index (χ4v) is 2.15. The molecule has 1 aromatic rings. The molecule has 0 unspecified atom stereocenters. The normalized spacial score (nSPS) is 11.6. The molecular formula is C12H20BrN3O. The van der Waals surface area contributed by atoms with Gasteiger partial charge in [0.2, 0.25) is 0 Å². The van der Waals surface area contributed by atoms with Crippen molar-refractivity contribution in [3.8, 4) is 0 Å².